The van der Waals surface area contributed by atoms with Crippen LogP contribution in [-0.2, 0) is 16.9 Å². The van der Waals surface area contributed by atoms with Gasteiger partial charge in [0.15, 0.2) is 11.6 Å². The fourth-order valence-corrected chi connectivity index (χ4v) is 3.45. The molecule has 3 rings (SSSR count). The lowest BCUT2D eigenvalue weighted by Gasteiger charge is -2.27. The lowest BCUT2D eigenvalue weighted by molar-refractivity contribution is -0.132. The van der Waals surface area contributed by atoms with E-state index < -0.39 is 29.1 Å². The zero-order valence-corrected chi connectivity index (χ0v) is 15.8. The predicted octanol–water partition coefficient (Wildman–Crippen LogP) is 4.11. The van der Waals surface area contributed by atoms with Gasteiger partial charge in [0, 0.05) is 0 Å². The number of ether oxygens (including phenoxy) is 1. The summed E-state index contributed by atoms with van der Waals surface area (Å²) in [7, 11) is 1.36. The Morgan fingerprint density at radius 3 is 2.43 bits per heavy atom. The van der Waals surface area contributed by atoms with Crippen LogP contribution in [0.4, 0.5) is 13.6 Å². The minimum absolute atomic E-state index is 0.0688. The van der Waals surface area contributed by atoms with Gasteiger partial charge >= 0.3 is 6.03 Å². The largest absolute Gasteiger partial charge is 0.494 e. The molecule has 3 amide bonds. The van der Waals surface area contributed by atoms with E-state index in [4.69, 9.17) is 4.74 Å². The van der Waals surface area contributed by atoms with Gasteiger partial charge in [-0.3, -0.25) is 9.69 Å². The van der Waals surface area contributed by atoms with Crippen molar-refractivity contribution in [2.24, 2.45) is 0 Å². The number of rotatable bonds is 7. The molecule has 1 atom stereocenters. The molecule has 5 nitrogen and oxygen atoms in total. The van der Waals surface area contributed by atoms with Gasteiger partial charge in [0.1, 0.15) is 11.4 Å². The SMILES string of the molecule is CCCCC1(c2ccc(F)cc2)NC(=O)N(Cc2ccc(OC)c(F)c2)C1=O. The van der Waals surface area contributed by atoms with Gasteiger partial charge in [-0.05, 0) is 41.8 Å². The van der Waals surface area contributed by atoms with E-state index in [9.17, 15) is 18.4 Å². The third-order valence-corrected chi connectivity index (χ3v) is 4.97. The average molecular weight is 388 g/mol. The minimum atomic E-state index is -1.24. The van der Waals surface area contributed by atoms with Crippen molar-refractivity contribution >= 4 is 11.9 Å². The zero-order valence-electron chi connectivity index (χ0n) is 15.8. The maximum absolute atomic E-state index is 14.0. The van der Waals surface area contributed by atoms with E-state index in [-0.39, 0.29) is 12.3 Å². The molecule has 28 heavy (non-hydrogen) atoms. The molecule has 1 aliphatic rings. The number of carbonyl (C=O) groups excluding carboxylic acids is 2. The van der Waals surface area contributed by atoms with E-state index in [2.05, 4.69) is 5.32 Å². The van der Waals surface area contributed by atoms with Crippen LogP contribution in [0.2, 0.25) is 0 Å². The van der Waals surface area contributed by atoms with Crippen LogP contribution >= 0.6 is 0 Å². The Labute approximate surface area is 162 Å². The predicted molar refractivity (Wildman–Crippen MR) is 99.6 cm³/mol. The first-order chi connectivity index (χ1) is 13.4. The molecule has 0 radical (unpaired) electrons. The number of unbranched alkanes of at least 4 members (excludes halogenated alkanes) is 1. The molecule has 0 aromatic heterocycles. The molecular weight excluding hydrogens is 366 g/mol. The lowest BCUT2D eigenvalue weighted by Crippen LogP contribution is -2.44. The first-order valence-electron chi connectivity index (χ1n) is 9.14. The average Bonchev–Trinajstić information content (AvgIpc) is 2.92. The van der Waals surface area contributed by atoms with Crippen LogP contribution in [0.5, 0.6) is 5.75 Å². The molecule has 2 aromatic carbocycles. The summed E-state index contributed by atoms with van der Waals surface area (Å²) in [5.41, 5.74) is -0.248. The highest BCUT2D eigenvalue weighted by Gasteiger charge is 2.51. The van der Waals surface area contributed by atoms with E-state index >= 15 is 0 Å². The van der Waals surface area contributed by atoms with Crippen LogP contribution in [-0.4, -0.2) is 23.9 Å². The van der Waals surface area contributed by atoms with Crippen molar-refractivity contribution in [3.8, 4) is 5.75 Å². The van der Waals surface area contributed by atoms with Gasteiger partial charge in [-0.2, -0.15) is 0 Å². The highest BCUT2D eigenvalue weighted by atomic mass is 19.1. The van der Waals surface area contributed by atoms with Crippen molar-refractivity contribution < 1.29 is 23.1 Å². The van der Waals surface area contributed by atoms with Gasteiger partial charge in [-0.25, -0.2) is 13.6 Å². The molecule has 0 aliphatic carbocycles. The summed E-state index contributed by atoms with van der Waals surface area (Å²) in [5, 5.41) is 2.79. The smallest absolute Gasteiger partial charge is 0.325 e. The molecule has 1 saturated heterocycles. The van der Waals surface area contributed by atoms with Crippen LogP contribution in [0.15, 0.2) is 42.5 Å². The number of benzene rings is 2. The normalized spacial score (nSPS) is 19.1. The van der Waals surface area contributed by atoms with E-state index in [0.717, 1.165) is 11.3 Å². The Kier molecular flexibility index (Phi) is 5.63. The number of carbonyl (C=O) groups is 2. The number of nitrogens with one attached hydrogen (secondary N) is 1. The van der Waals surface area contributed by atoms with Crippen molar-refractivity contribution in [3.05, 3.63) is 65.2 Å². The molecule has 0 spiro atoms. The summed E-state index contributed by atoms with van der Waals surface area (Å²) in [5.74, 6) is -1.32. The number of hydrogen-bond donors (Lipinski definition) is 1. The highest BCUT2D eigenvalue weighted by Crippen LogP contribution is 2.35. The fourth-order valence-electron chi connectivity index (χ4n) is 3.45. The lowest BCUT2D eigenvalue weighted by atomic mass is 9.84. The van der Waals surface area contributed by atoms with Crippen LogP contribution in [0.25, 0.3) is 0 Å². The monoisotopic (exact) mass is 388 g/mol. The van der Waals surface area contributed by atoms with Gasteiger partial charge in [0.05, 0.1) is 13.7 Å². The molecule has 1 aliphatic heterocycles. The molecule has 148 valence electrons. The second-order valence-corrected chi connectivity index (χ2v) is 6.81. The van der Waals surface area contributed by atoms with Crippen molar-refractivity contribution in [3.63, 3.8) is 0 Å². The summed E-state index contributed by atoms with van der Waals surface area (Å²) in [4.78, 5) is 27.0. The second kappa shape index (κ2) is 7.96. The van der Waals surface area contributed by atoms with E-state index in [1.807, 2.05) is 6.92 Å². The van der Waals surface area contributed by atoms with Crippen molar-refractivity contribution in [1.82, 2.24) is 10.2 Å². The molecule has 1 unspecified atom stereocenters. The summed E-state index contributed by atoms with van der Waals surface area (Å²) in [6, 6.07) is 9.30. The van der Waals surface area contributed by atoms with Gasteiger partial charge < -0.3 is 10.1 Å². The van der Waals surface area contributed by atoms with Crippen LogP contribution in [0.1, 0.15) is 37.3 Å². The maximum Gasteiger partial charge on any atom is 0.325 e. The van der Waals surface area contributed by atoms with Crippen LogP contribution < -0.4 is 10.1 Å². The molecule has 2 aromatic rings. The van der Waals surface area contributed by atoms with Crippen molar-refractivity contribution in [1.29, 1.82) is 0 Å². The first-order valence-corrected chi connectivity index (χ1v) is 9.14. The highest BCUT2D eigenvalue weighted by molar-refractivity contribution is 6.07. The van der Waals surface area contributed by atoms with Crippen LogP contribution in [0, 0.1) is 11.6 Å². The summed E-state index contributed by atoms with van der Waals surface area (Å²) < 4.78 is 32.2. The van der Waals surface area contributed by atoms with Gasteiger partial charge in [0.25, 0.3) is 5.91 Å². The summed E-state index contributed by atoms with van der Waals surface area (Å²) >= 11 is 0. The standard InChI is InChI=1S/C21H22F2N2O3/c1-3-4-11-21(15-6-8-16(22)9-7-15)19(26)25(20(27)24-21)13-14-5-10-18(28-2)17(23)12-14/h5-10,12H,3-4,11,13H2,1-2H3,(H,24,27). The molecule has 1 heterocycles. The minimum Gasteiger partial charge on any atom is -0.494 e. The zero-order chi connectivity index (χ0) is 20.3. The molecular formula is C21H22F2N2O3. The van der Waals surface area contributed by atoms with E-state index in [1.54, 1.807) is 6.07 Å². The first kappa shape index (κ1) is 19.8. The second-order valence-electron chi connectivity index (χ2n) is 6.81. The number of hydrogen-bond acceptors (Lipinski definition) is 3. The number of imide groups is 1. The Morgan fingerprint density at radius 2 is 1.82 bits per heavy atom. The molecule has 0 bridgehead atoms. The third kappa shape index (κ3) is 3.56. The maximum atomic E-state index is 14.0. The number of methoxy groups -OCH3 is 1. The number of amides is 3. The number of halogens is 2. The van der Waals surface area contributed by atoms with Gasteiger partial charge in [0.2, 0.25) is 0 Å². The molecule has 1 N–H and O–H groups in total. The van der Waals surface area contributed by atoms with E-state index in [1.165, 1.54) is 43.5 Å². The quantitative estimate of drug-likeness (QED) is 0.726. The topological polar surface area (TPSA) is 58.6 Å². The number of nitrogens with zero attached hydrogens (tertiary/aromatic N) is 1. The third-order valence-electron chi connectivity index (χ3n) is 4.97. The summed E-state index contributed by atoms with van der Waals surface area (Å²) in [6.07, 6.45) is 1.93. The van der Waals surface area contributed by atoms with Crippen LogP contribution in [0.3, 0.4) is 0 Å². The molecule has 7 heteroatoms. The summed E-state index contributed by atoms with van der Waals surface area (Å²) in [6.45, 7) is 1.91. The van der Waals surface area contributed by atoms with Crippen molar-refractivity contribution in [2.45, 2.75) is 38.3 Å². The molecule has 0 saturated carbocycles. The fraction of sp³-hybridized carbons (Fsp3) is 0.333. The Hall–Kier alpha value is -2.96. The van der Waals surface area contributed by atoms with Crippen molar-refractivity contribution in [2.75, 3.05) is 7.11 Å². The van der Waals surface area contributed by atoms with E-state index in [0.29, 0.717) is 24.0 Å². The number of urea groups is 1. The Bertz CT molecular complexity index is 886. The Morgan fingerprint density at radius 1 is 1.11 bits per heavy atom. The van der Waals surface area contributed by atoms with Gasteiger partial charge in [-0.15, -0.1) is 0 Å². The Balaban J connectivity index is 1.92. The van der Waals surface area contributed by atoms with Gasteiger partial charge in [-0.1, -0.05) is 38.0 Å². The molecule has 1 fully saturated rings.